The summed E-state index contributed by atoms with van der Waals surface area (Å²) in [5.41, 5.74) is 6.62. The van der Waals surface area contributed by atoms with Crippen LogP contribution in [0.4, 0.5) is 9.59 Å². The molecule has 14 nitrogen and oxygen atoms in total. The van der Waals surface area contributed by atoms with Crippen molar-refractivity contribution in [2.24, 2.45) is 0 Å². The van der Waals surface area contributed by atoms with Gasteiger partial charge in [0.15, 0.2) is 0 Å². The molecule has 0 saturated carbocycles. The summed E-state index contributed by atoms with van der Waals surface area (Å²) in [6, 6.07) is 24.8. The van der Waals surface area contributed by atoms with E-state index in [-0.39, 0.29) is 23.9 Å². The van der Waals surface area contributed by atoms with Gasteiger partial charge < -0.3 is 39.9 Å². The number of aromatic nitrogens is 4. The van der Waals surface area contributed by atoms with Crippen LogP contribution in [0.1, 0.15) is 109 Å². The number of benzene rings is 3. The molecule has 0 spiro atoms. The number of likely N-dealkylation sites (tertiary alicyclic amines) is 2. The lowest BCUT2D eigenvalue weighted by Gasteiger charge is -2.28. The quantitative estimate of drug-likeness (QED) is 0.105. The van der Waals surface area contributed by atoms with Crippen molar-refractivity contribution < 1.29 is 28.7 Å². The lowest BCUT2D eigenvalue weighted by Crippen LogP contribution is -2.42. The van der Waals surface area contributed by atoms with Crippen molar-refractivity contribution in [2.45, 2.75) is 75.0 Å². The zero-order chi connectivity index (χ0) is 41.6. The molecule has 0 radical (unpaired) electrons. The van der Waals surface area contributed by atoms with E-state index in [4.69, 9.17) is 19.4 Å². The second-order valence-corrected chi connectivity index (χ2v) is 15.5. The number of methoxy groups -OCH3 is 2. The lowest BCUT2D eigenvalue weighted by molar-refractivity contribution is -0.135. The highest BCUT2D eigenvalue weighted by Crippen LogP contribution is 2.39. The Morgan fingerprint density at radius 1 is 0.733 bits per heavy atom. The number of amides is 4. The molecule has 5 atom stereocenters. The van der Waals surface area contributed by atoms with E-state index in [2.05, 4.69) is 50.9 Å². The molecule has 3 aromatic carbocycles. The van der Waals surface area contributed by atoms with Crippen LogP contribution in [0.25, 0.3) is 16.8 Å². The topological polar surface area (TPSA) is 175 Å². The smallest absolute Gasteiger partial charge is 0.407 e. The van der Waals surface area contributed by atoms with E-state index in [0.717, 1.165) is 73.5 Å². The number of hydrogen-bond donors (Lipinski definition) is 4. The van der Waals surface area contributed by atoms with Gasteiger partial charge in [0.05, 0.1) is 43.9 Å². The number of aromatic amines is 2. The van der Waals surface area contributed by atoms with E-state index in [1.165, 1.54) is 25.4 Å². The molecule has 4 N–H and O–H groups in total. The fourth-order valence-electron chi connectivity index (χ4n) is 8.81. The summed E-state index contributed by atoms with van der Waals surface area (Å²) in [6.45, 7) is 1.14. The molecule has 2 saturated heterocycles. The van der Waals surface area contributed by atoms with Gasteiger partial charge in [0.25, 0.3) is 11.8 Å². The second kappa shape index (κ2) is 18.1. The highest BCUT2D eigenvalue weighted by Gasteiger charge is 2.39. The van der Waals surface area contributed by atoms with Crippen molar-refractivity contribution in [1.82, 2.24) is 40.4 Å². The van der Waals surface area contributed by atoms with E-state index in [1.54, 1.807) is 4.90 Å². The lowest BCUT2D eigenvalue weighted by atomic mass is 9.83. The number of nitrogens with one attached hydrogen (secondary N) is 4. The van der Waals surface area contributed by atoms with E-state index >= 15 is 0 Å². The number of rotatable bonds is 11. The number of alkyl carbamates (subject to hydrolysis) is 2. The van der Waals surface area contributed by atoms with Crippen LogP contribution in [-0.4, -0.2) is 81.0 Å². The van der Waals surface area contributed by atoms with Crippen LogP contribution in [0, 0.1) is 0 Å². The average molecular weight is 811 g/mol. The molecule has 1 unspecified atom stereocenters. The predicted molar refractivity (Wildman–Crippen MR) is 224 cm³/mol. The molecule has 1 aliphatic carbocycles. The van der Waals surface area contributed by atoms with Crippen LogP contribution in [0.15, 0.2) is 103 Å². The van der Waals surface area contributed by atoms with Crippen molar-refractivity contribution >= 4 is 29.6 Å². The zero-order valence-electron chi connectivity index (χ0n) is 33.8. The van der Waals surface area contributed by atoms with Gasteiger partial charge in [-0.25, -0.2) is 19.6 Å². The SMILES string of the molecule is COC(=O)N[C@@H](C(=O)N1CCC[C@H]1c1nc(C2=CCC(c3ccc(-c4cnc([C@@H]5CCCN5C(=O)[C@H](NC(=O)OC)c5ccccc5)[nH]4)cc3)CC2)c[nH]1)c1ccccc1. The molecule has 8 rings (SSSR count). The fraction of sp³-hybridized carbons (Fsp3) is 0.348. The third-order valence-electron chi connectivity index (χ3n) is 12.0. The maximum atomic E-state index is 13.9. The van der Waals surface area contributed by atoms with Gasteiger partial charge in [-0.1, -0.05) is 91.0 Å². The minimum Gasteiger partial charge on any atom is -0.453 e. The zero-order valence-corrected chi connectivity index (χ0v) is 33.8. The van der Waals surface area contributed by atoms with Crippen LogP contribution >= 0.6 is 0 Å². The van der Waals surface area contributed by atoms with Gasteiger partial charge in [-0.3, -0.25) is 9.59 Å². The molecule has 5 aromatic rings. The molecule has 3 aliphatic rings. The van der Waals surface area contributed by atoms with Crippen LogP contribution in [0.3, 0.4) is 0 Å². The maximum absolute atomic E-state index is 13.9. The van der Waals surface area contributed by atoms with Crippen LogP contribution in [-0.2, 0) is 19.1 Å². The normalized spacial score (nSPS) is 19.9. The molecular formula is C46H50N8O6. The van der Waals surface area contributed by atoms with Crippen LogP contribution < -0.4 is 10.6 Å². The summed E-state index contributed by atoms with van der Waals surface area (Å²) >= 11 is 0. The van der Waals surface area contributed by atoms with E-state index < -0.39 is 24.3 Å². The second-order valence-electron chi connectivity index (χ2n) is 15.5. The summed E-state index contributed by atoms with van der Waals surface area (Å²) in [6.07, 6.45) is 10.7. The third kappa shape index (κ3) is 8.54. The number of hydrogen-bond acceptors (Lipinski definition) is 8. The Kier molecular flexibility index (Phi) is 12.1. The molecule has 2 fully saturated rings. The highest BCUT2D eigenvalue weighted by molar-refractivity contribution is 5.88. The average Bonchev–Trinajstić information content (AvgIpc) is 4.15. The number of imidazole rings is 2. The molecule has 310 valence electrons. The summed E-state index contributed by atoms with van der Waals surface area (Å²) < 4.78 is 9.67. The first-order valence-electron chi connectivity index (χ1n) is 20.6. The summed E-state index contributed by atoms with van der Waals surface area (Å²) in [5.74, 6) is 1.44. The Labute approximate surface area is 348 Å². The number of carbonyl (C=O) groups excluding carboxylic acids is 4. The van der Waals surface area contributed by atoms with Crippen molar-refractivity contribution in [1.29, 1.82) is 0 Å². The fourth-order valence-corrected chi connectivity index (χ4v) is 8.81. The summed E-state index contributed by atoms with van der Waals surface area (Å²) in [7, 11) is 2.57. The Hall–Kier alpha value is -6.70. The largest absolute Gasteiger partial charge is 0.453 e. The van der Waals surface area contributed by atoms with Crippen LogP contribution in [0.2, 0.25) is 0 Å². The highest BCUT2D eigenvalue weighted by atomic mass is 16.5. The minimum atomic E-state index is -0.873. The number of ether oxygens (including phenoxy) is 2. The van der Waals surface area contributed by atoms with Crippen molar-refractivity contribution in [2.75, 3.05) is 27.3 Å². The first-order chi connectivity index (χ1) is 29.3. The predicted octanol–water partition coefficient (Wildman–Crippen LogP) is 7.67. The van der Waals surface area contributed by atoms with Gasteiger partial charge in [-0.05, 0) is 78.7 Å². The van der Waals surface area contributed by atoms with E-state index in [9.17, 15) is 19.2 Å². The Balaban J connectivity index is 0.900. The third-order valence-corrected chi connectivity index (χ3v) is 12.0. The molecule has 2 aromatic heterocycles. The molecule has 60 heavy (non-hydrogen) atoms. The van der Waals surface area contributed by atoms with Gasteiger partial charge in [0.1, 0.15) is 23.7 Å². The molecule has 2 aliphatic heterocycles. The standard InChI is InChI=1S/C46H50N8O6/c1-59-45(57)51-39(33-11-5-3-6-12-33)43(55)53-25-9-15-37(53)41-47-27-35(49-41)31-21-17-29(18-22-31)30-19-23-32(24-20-30)36-28-48-42(50-36)38-16-10-26-54(38)44(56)40(52-46(58)60-2)34-13-7-4-8-14-34/h3-8,11-14,17-18,21-23,27-28,30,37-40H,9-10,15-16,19-20,24-26H2,1-2H3,(H,47,49)(H,48,50)(H,51,57)(H,52,58)/t30?,37-,38-,39+,40+/m0/s1. The van der Waals surface area contributed by atoms with Crippen molar-refractivity contribution in [3.05, 3.63) is 137 Å². The first kappa shape index (κ1) is 40.1. The van der Waals surface area contributed by atoms with Crippen molar-refractivity contribution in [3.8, 4) is 11.3 Å². The van der Waals surface area contributed by atoms with E-state index in [1.807, 2.05) is 78.0 Å². The van der Waals surface area contributed by atoms with Gasteiger partial charge in [-0.15, -0.1) is 0 Å². The van der Waals surface area contributed by atoms with Crippen LogP contribution in [0.5, 0.6) is 0 Å². The molecule has 0 bridgehead atoms. The first-order valence-corrected chi connectivity index (χ1v) is 20.6. The Bertz CT molecular complexity index is 2320. The van der Waals surface area contributed by atoms with Gasteiger partial charge >= 0.3 is 12.2 Å². The molecular weight excluding hydrogens is 761 g/mol. The monoisotopic (exact) mass is 810 g/mol. The summed E-state index contributed by atoms with van der Waals surface area (Å²) in [5, 5.41) is 5.44. The molecule has 4 amide bonds. The van der Waals surface area contributed by atoms with Crippen molar-refractivity contribution in [3.63, 3.8) is 0 Å². The van der Waals surface area contributed by atoms with Gasteiger partial charge in [0.2, 0.25) is 0 Å². The number of nitrogens with zero attached hydrogens (tertiary/aromatic N) is 4. The number of allylic oxidation sites excluding steroid dienone is 2. The summed E-state index contributed by atoms with van der Waals surface area (Å²) in [4.78, 5) is 72.5. The maximum Gasteiger partial charge on any atom is 0.407 e. The molecule has 14 heteroatoms. The van der Waals surface area contributed by atoms with Gasteiger partial charge in [0, 0.05) is 19.3 Å². The van der Waals surface area contributed by atoms with Gasteiger partial charge in [-0.2, -0.15) is 0 Å². The Morgan fingerprint density at radius 3 is 1.83 bits per heavy atom. The Morgan fingerprint density at radius 2 is 1.30 bits per heavy atom. The number of carbonyl (C=O) groups is 4. The number of H-pyrrole nitrogens is 2. The minimum absolute atomic E-state index is 0.193. The van der Waals surface area contributed by atoms with E-state index in [0.29, 0.717) is 30.1 Å². The molecule has 4 heterocycles.